The lowest BCUT2D eigenvalue weighted by Crippen LogP contribution is -2.39. The highest BCUT2D eigenvalue weighted by Gasteiger charge is 2.29. The third-order valence-corrected chi connectivity index (χ3v) is 3.38. The first-order chi connectivity index (χ1) is 9.20. The molecule has 96 valence electrons. The summed E-state index contributed by atoms with van der Waals surface area (Å²) in [5.41, 5.74) is 1.98. The number of fused-ring (bicyclic) bond motifs is 1. The molecule has 2 aromatic rings. The minimum Gasteiger partial charge on any atom is -0.296 e. The molecule has 0 aliphatic carbocycles. The lowest BCUT2D eigenvalue weighted by Gasteiger charge is -2.21. The maximum absolute atomic E-state index is 11.9. The van der Waals surface area contributed by atoms with Gasteiger partial charge in [0.25, 0.3) is 0 Å². The van der Waals surface area contributed by atoms with E-state index < -0.39 is 0 Å². The molecule has 0 aromatic carbocycles. The van der Waals surface area contributed by atoms with Crippen molar-refractivity contribution in [2.24, 2.45) is 0 Å². The number of nitrogens with zero attached hydrogens (tertiary/aromatic N) is 2. The largest absolute Gasteiger partial charge is 0.296 e. The fourth-order valence-corrected chi connectivity index (χ4v) is 2.44. The Morgan fingerprint density at radius 1 is 1.37 bits per heavy atom. The normalized spacial score (nSPS) is 19.5. The molecule has 6 heteroatoms. The molecule has 1 saturated heterocycles. The van der Waals surface area contributed by atoms with Gasteiger partial charge in [0.1, 0.15) is 0 Å². The van der Waals surface area contributed by atoms with Gasteiger partial charge in [0, 0.05) is 6.42 Å². The third kappa shape index (κ3) is 1.81. The van der Waals surface area contributed by atoms with E-state index in [4.69, 9.17) is 0 Å². The first kappa shape index (κ1) is 11.6. The molecule has 1 N–H and O–H groups in total. The summed E-state index contributed by atoms with van der Waals surface area (Å²) in [7, 11) is 0. The summed E-state index contributed by atoms with van der Waals surface area (Å²) < 4.78 is 1.64. The van der Waals surface area contributed by atoms with Crippen LogP contribution in [0.1, 0.15) is 34.8 Å². The minimum atomic E-state index is -0.377. The number of hydrogen-bond donors (Lipinski definition) is 1. The van der Waals surface area contributed by atoms with Crippen molar-refractivity contribution in [3.8, 4) is 0 Å². The number of pyridine rings is 1. The van der Waals surface area contributed by atoms with Crippen LogP contribution in [-0.2, 0) is 9.59 Å². The fourth-order valence-electron chi connectivity index (χ4n) is 2.44. The number of nitrogens with one attached hydrogen (secondary N) is 1. The van der Waals surface area contributed by atoms with Crippen LogP contribution < -0.4 is 5.32 Å². The maximum Gasteiger partial charge on any atom is 0.234 e. The Morgan fingerprint density at radius 2 is 2.21 bits per heavy atom. The Morgan fingerprint density at radius 3 is 2.95 bits per heavy atom. The summed E-state index contributed by atoms with van der Waals surface area (Å²) in [5, 5.41) is 2.34. The number of piperidine rings is 1. The molecule has 3 rings (SSSR count). The molecule has 2 amide bonds. The number of imide groups is 1. The standard InChI is InChI=1S/C13H11N3O3/c17-6-8-1-2-9(11-5-14-7-16(8)11)10-3-4-12(18)15-13(10)19/h1-2,5-7,10H,3-4H2,(H,15,18,19). The van der Waals surface area contributed by atoms with Crippen molar-refractivity contribution in [3.63, 3.8) is 0 Å². The van der Waals surface area contributed by atoms with Crippen LogP contribution in [0.15, 0.2) is 24.7 Å². The van der Waals surface area contributed by atoms with Gasteiger partial charge in [-0.1, -0.05) is 6.07 Å². The molecular formula is C13H11N3O3. The number of carbonyl (C=O) groups excluding carboxylic acids is 3. The van der Waals surface area contributed by atoms with E-state index in [0.717, 1.165) is 17.4 Å². The quantitative estimate of drug-likeness (QED) is 0.633. The topological polar surface area (TPSA) is 80.5 Å². The zero-order chi connectivity index (χ0) is 13.4. The van der Waals surface area contributed by atoms with Gasteiger partial charge >= 0.3 is 0 Å². The minimum absolute atomic E-state index is 0.240. The van der Waals surface area contributed by atoms with Gasteiger partial charge in [-0.15, -0.1) is 0 Å². The average molecular weight is 257 g/mol. The Labute approximate surface area is 108 Å². The van der Waals surface area contributed by atoms with Crippen LogP contribution in [-0.4, -0.2) is 27.5 Å². The van der Waals surface area contributed by atoms with Crippen molar-refractivity contribution in [2.75, 3.05) is 0 Å². The van der Waals surface area contributed by atoms with Crippen molar-refractivity contribution in [3.05, 3.63) is 35.9 Å². The Kier molecular flexibility index (Phi) is 2.63. The monoisotopic (exact) mass is 257 g/mol. The average Bonchev–Trinajstić information content (AvgIpc) is 2.87. The zero-order valence-electron chi connectivity index (χ0n) is 10.00. The SMILES string of the molecule is O=Cc1ccc(C2CCC(=O)NC2=O)c2cncn12. The highest BCUT2D eigenvalue weighted by molar-refractivity contribution is 6.01. The molecule has 1 atom stereocenters. The molecule has 1 fully saturated rings. The van der Waals surface area contributed by atoms with E-state index in [1.807, 2.05) is 0 Å². The summed E-state index contributed by atoms with van der Waals surface area (Å²) >= 11 is 0. The highest BCUT2D eigenvalue weighted by atomic mass is 16.2. The summed E-state index contributed by atoms with van der Waals surface area (Å²) in [4.78, 5) is 38.0. The summed E-state index contributed by atoms with van der Waals surface area (Å²) in [6.45, 7) is 0. The van der Waals surface area contributed by atoms with Gasteiger partial charge in [-0.2, -0.15) is 0 Å². The number of rotatable bonds is 2. The van der Waals surface area contributed by atoms with Gasteiger partial charge in [-0.3, -0.25) is 24.1 Å². The van der Waals surface area contributed by atoms with Crippen LogP contribution >= 0.6 is 0 Å². The number of hydrogen-bond acceptors (Lipinski definition) is 4. The summed E-state index contributed by atoms with van der Waals surface area (Å²) in [6.07, 6.45) is 4.70. The molecular weight excluding hydrogens is 246 g/mol. The van der Waals surface area contributed by atoms with Crippen LogP contribution in [0.25, 0.3) is 5.52 Å². The van der Waals surface area contributed by atoms with Gasteiger partial charge < -0.3 is 0 Å². The number of carbonyl (C=O) groups is 3. The molecule has 2 aromatic heterocycles. The van der Waals surface area contributed by atoms with E-state index in [-0.39, 0.29) is 17.7 Å². The second kappa shape index (κ2) is 4.31. The molecule has 0 spiro atoms. The lowest BCUT2D eigenvalue weighted by atomic mass is 9.90. The third-order valence-electron chi connectivity index (χ3n) is 3.38. The van der Waals surface area contributed by atoms with Gasteiger partial charge in [0.2, 0.25) is 11.8 Å². The highest BCUT2D eigenvalue weighted by Crippen LogP contribution is 2.28. The van der Waals surface area contributed by atoms with Crippen LogP contribution in [0, 0.1) is 0 Å². The van der Waals surface area contributed by atoms with Gasteiger partial charge in [0.05, 0.1) is 29.7 Å². The van der Waals surface area contributed by atoms with Crippen molar-refractivity contribution in [1.29, 1.82) is 0 Å². The molecule has 1 aliphatic heterocycles. The van der Waals surface area contributed by atoms with E-state index >= 15 is 0 Å². The zero-order valence-corrected chi connectivity index (χ0v) is 10.00. The molecule has 19 heavy (non-hydrogen) atoms. The van der Waals surface area contributed by atoms with Crippen molar-refractivity contribution < 1.29 is 14.4 Å². The summed E-state index contributed by atoms with van der Waals surface area (Å²) in [6, 6.07) is 3.40. The van der Waals surface area contributed by atoms with E-state index in [2.05, 4.69) is 10.3 Å². The van der Waals surface area contributed by atoms with E-state index in [9.17, 15) is 14.4 Å². The smallest absolute Gasteiger partial charge is 0.234 e. The predicted molar refractivity (Wildman–Crippen MR) is 65.7 cm³/mol. The number of aromatic nitrogens is 2. The molecule has 3 heterocycles. The second-order valence-corrected chi connectivity index (χ2v) is 4.48. The van der Waals surface area contributed by atoms with Crippen LogP contribution in [0.4, 0.5) is 0 Å². The fraction of sp³-hybridized carbons (Fsp3) is 0.231. The van der Waals surface area contributed by atoms with Crippen LogP contribution in [0.3, 0.4) is 0 Å². The van der Waals surface area contributed by atoms with E-state index in [1.54, 1.807) is 22.7 Å². The Balaban J connectivity index is 2.11. The first-order valence-electron chi connectivity index (χ1n) is 5.94. The van der Waals surface area contributed by atoms with Gasteiger partial charge in [-0.25, -0.2) is 4.98 Å². The van der Waals surface area contributed by atoms with Crippen molar-refractivity contribution >= 4 is 23.6 Å². The number of amides is 2. The predicted octanol–water partition coefficient (Wildman–Crippen LogP) is 0.667. The van der Waals surface area contributed by atoms with Crippen LogP contribution in [0.5, 0.6) is 0 Å². The van der Waals surface area contributed by atoms with E-state index in [1.165, 1.54) is 6.33 Å². The van der Waals surface area contributed by atoms with E-state index in [0.29, 0.717) is 18.5 Å². The molecule has 0 saturated carbocycles. The molecule has 1 aliphatic rings. The Bertz CT molecular complexity index is 689. The molecule has 6 nitrogen and oxygen atoms in total. The lowest BCUT2D eigenvalue weighted by molar-refractivity contribution is -0.134. The van der Waals surface area contributed by atoms with Crippen molar-refractivity contribution in [2.45, 2.75) is 18.8 Å². The van der Waals surface area contributed by atoms with Crippen molar-refractivity contribution in [1.82, 2.24) is 14.7 Å². The molecule has 0 bridgehead atoms. The number of aldehydes is 1. The molecule has 0 radical (unpaired) electrons. The molecule has 1 unspecified atom stereocenters. The van der Waals surface area contributed by atoms with Gasteiger partial charge in [0.15, 0.2) is 6.29 Å². The van der Waals surface area contributed by atoms with Crippen LogP contribution in [0.2, 0.25) is 0 Å². The first-order valence-corrected chi connectivity index (χ1v) is 5.94. The van der Waals surface area contributed by atoms with Gasteiger partial charge in [-0.05, 0) is 18.1 Å². The Hall–Kier alpha value is -2.50. The number of imidazole rings is 1. The maximum atomic E-state index is 11.9. The second-order valence-electron chi connectivity index (χ2n) is 4.48. The summed E-state index contributed by atoms with van der Waals surface area (Å²) in [5.74, 6) is -0.911.